The molecular formula is C27H29ClN4O. The first-order valence-electron chi connectivity index (χ1n) is 11.2. The number of fused-ring (bicyclic) bond motifs is 1. The van der Waals surface area contributed by atoms with Crippen molar-refractivity contribution in [3.63, 3.8) is 0 Å². The maximum Gasteiger partial charge on any atom is 0.256 e. The zero-order valence-corrected chi connectivity index (χ0v) is 19.9. The molecule has 1 amide bonds. The summed E-state index contributed by atoms with van der Waals surface area (Å²) in [4.78, 5) is 22.6. The van der Waals surface area contributed by atoms with E-state index in [0.717, 1.165) is 65.0 Å². The van der Waals surface area contributed by atoms with Crippen LogP contribution in [-0.4, -0.2) is 46.5 Å². The van der Waals surface area contributed by atoms with Crippen LogP contribution in [0.4, 0.5) is 5.69 Å². The molecule has 6 heteroatoms. The van der Waals surface area contributed by atoms with Gasteiger partial charge in [-0.15, -0.1) is 12.4 Å². The number of amides is 1. The van der Waals surface area contributed by atoms with Gasteiger partial charge in [0.05, 0.1) is 23.1 Å². The Bertz CT molecular complexity index is 1250. The van der Waals surface area contributed by atoms with Crippen molar-refractivity contribution in [2.45, 2.75) is 13.3 Å². The SMILES string of the molecule is Cc1ccc2c(c1)c(C(=O)N1CCCN(c3cccnc3)CC1)c(-c1ccccc1)n2C.Cl. The van der Waals surface area contributed by atoms with Gasteiger partial charge in [0, 0.05) is 50.3 Å². The minimum Gasteiger partial charge on any atom is -0.368 e. The molecule has 5 nitrogen and oxygen atoms in total. The lowest BCUT2D eigenvalue weighted by atomic mass is 10.0. The number of hydrogen-bond acceptors (Lipinski definition) is 3. The maximum atomic E-state index is 14.0. The van der Waals surface area contributed by atoms with E-state index in [9.17, 15) is 4.79 Å². The third-order valence-corrected chi connectivity index (χ3v) is 6.41. The fourth-order valence-electron chi connectivity index (χ4n) is 4.79. The molecule has 33 heavy (non-hydrogen) atoms. The Morgan fingerprint density at radius 1 is 0.939 bits per heavy atom. The van der Waals surface area contributed by atoms with Gasteiger partial charge >= 0.3 is 0 Å². The molecule has 1 fully saturated rings. The van der Waals surface area contributed by atoms with Crippen molar-refractivity contribution in [3.05, 3.63) is 84.2 Å². The summed E-state index contributed by atoms with van der Waals surface area (Å²) in [6, 6.07) is 20.7. The molecule has 0 N–H and O–H groups in total. The van der Waals surface area contributed by atoms with E-state index in [1.807, 2.05) is 35.4 Å². The summed E-state index contributed by atoms with van der Waals surface area (Å²) in [5.74, 6) is 0.119. The lowest BCUT2D eigenvalue weighted by molar-refractivity contribution is 0.0769. The Morgan fingerprint density at radius 2 is 1.76 bits per heavy atom. The van der Waals surface area contributed by atoms with Crippen LogP contribution in [0.3, 0.4) is 0 Å². The Kier molecular flexibility index (Phi) is 6.70. The topological polar surface area (TPSA) is 41.4 Å². The van der Waals surface area contributed by atoms with Crippen molar-refractivity contribution >= 4 is 34.9 Å². The van der Waals surface area contributed by atoms with Crippen molar-refractivity contribution in [1.82, 2.24) is 14.5 Å². The average molecular weight is 461 g/mol. The Morgan fingerprint density at radius 3 is 2.52 bits per heavy atom. The first-order chi connectivity index (χ1) is 15.6. The smallest absolute Gasteiger partial charge is 0.256 e. The molecule has 0 aliphatic carbocycles. The second-order valence-electron chi connectivity index (χ2n) is 8.51. The summed E-state index contributed by atoms with van der Waals surface area (Å²) in [6.07, 6.45) is 4.63. The maximum absolute atomic E-state index is 14.0. The largest absolute Gasteiger partial charge is 0.368 e. The minimum atomic E-state index is 0. The lowest BCUT2D eigenvalue weighted by Crippen LogP contribution is -2.35. The van der Waals surface area contributed by atoms with Gasteiger partial charge in [-0.1, -0.05) is 42.0 Å². The van der Waals surface area contributed by atoms with E-state index in [-0.39, 0.29) is 18.3 Å². The molecule has 170 valence electrons. The fraction of sp³-hybridized carbons (Fsp3) is 0.259. The molecular weight excluding hydrogens is 432 g/mol. The van der Waals surface area contributed by atoms with Gasteiger partial charge < -0.3 is 14.4 Å². The van der Waals surface area contributed by atoms with E-state index in [1.165, 1.54) is 0 Å². The van der Waals surface area contributed by atoms with E-state index in [0.29, 0.717) is 6.54 Å². The highest BCUT2D eigenvalue weighted by Crippen LogP contribution is 2.34. The zero-order chi connectivity index (χ0) is 22.1. The fourth-order valence-corrected chi connectivity index (χ4v) is 4.79. The zero-order valence-electron chi connectivity index (χ0n) is 19.1. The van der Waals surface area contributed by atoms with Crippen LogP contribution in [0.15, 0.2) is 73.1 Å². The van der Waals surface area contributed by atoms with Crippen LogP contribution in [0.2, 0.25) is 0 Å². The summed E-state index contributed by atoms with van der Waals surface area (Å²) in [6.45, 7) is 5.27. The number of rotatable bonds is 3. The van der Waals surface area contributed by atoms with Crippen LogP contribution in [-0.2, 0) is 7.05 Å². The molecule has 2 aromatic carbocycles. The minimum absolute atomic E-state index is 0. The van der Waals surface area contributed by atoms with Gasteiger partial charge in [-0.2, -0.15) is 0 Å². The number of pyridine rings is 1. The van der Waals surface area contributed by atoms with E-state index in [2.05, 4.69) is 64.8 Å². The van der Waals surface area contributed by atoms with Gasteiger partial charge in [0.1, 0.15) is 0 Å². The summed E-state index contributed by atoms with van der Waals surface area (Å²) in [5.41, 5.74) is 6.24. The second kappa shape index (κ2) is 9.67. The second-order valence-corrected chi connectivity index (χ2v) is 8.51. The van der Waals surface area contributed by atoms with Crippen molar-refractivity contribution in [3.8, 4) is 11.3 Å². The predicted octanol–water partition coefficient (Wildman–Crippen LogP) is 5.32. The predicted molar refractivity (Wildman–Crippen MR) is 137 cm³/mol. The number of hydrogen-bond donors (Lipinski definition) is 0. The molecule has 3 heterocycles. The summed E-state index contributed by atoms with van der Waals surface area (Å²) >= 11 is 0. The van der Waals surface area contributed by atoms with Crippen molar-refractivity contribution in [2.75, 3.05) is 31.1 Å². The molecule has 0 saturated carbocycles. The molecule has 0 bridgehead atoms. The van der Waals surface area contributed by atoms with E-state index in [1.54, 1.807) is 6.20 Å². The van der Waals surface area contributed by atoms with Crippen LogP contribution >= 0.6 is 12.4 Å². The number of anilines is 1. The van der Waals surface area contributed by atoms with Crippen LogP contribution < -0.4 is 4.90 Å². The molecule has 0 radical (unpaired) electrons. The van der Waals surface area contributed by atoms with Gasteiger partial charge in [0.2, 0.25) is 0 Å². The van der Waals surface area contributed by atoms with Gasteiger partial charge in [-0.05, 0) is 43.2 Å². The molecule has 2 aromatic heterocycles. The van der Waals surface area contributed by atoms with Gasteiger partial charge in [-0.25, -0.2) is 0 Å². The third-order valence-electron chi connectivity index (χ3n) is 6.41. The first-order valence-corrected chi connectivity index (χ1v) is 11.2. The monoisotopic (exact) mass is 460 g/mol. The van der Waals surface area contributed by atoms with Gasteiger partial charge in [0.15, 0.2) is 0 Å². The highest BCUT2D eigenvalue weighted by molar-refractivity contribution is 6.13. The molecule has 4 aromatic rings. The highest BCUT2D eigenvalue weighted by atomic mass is 35.5. The van der Waals surface area contributed by atoms with E-state index >= 15 is 0 Å². The summed E-state index contributed by atoms with van der Waals surface area (Å²) < 4.78 is 2.16. The Labute approximate surface area is 201 Å². The quantitative estimate of drug-likeness (QED) is 0.415. The van der Waals surface area contributed by atoms with Crippen LogP contribution in [0, 0.1) is 6.92 Å². The average Bonchev–Trinajstić information content (AvgIpc) is 2.96. The first kappa shape index (κ1) is 22.9. The third kappa shape index (κ3) is 4.33. The number of aryl methyl sites for hydroxylation is 2. The Balaban J connectivity index is 0.00000259. The number of halogens is 1. The number of aromatic nitrogens is 2. The van der Waals surface area contributed by atoms with Gasteiger partial charge in [0.25, 0.3) is 5.91 Å². The molecule has 0 atom stereocenters. The van der Waals surface area contributed by atoms with Crippen molar-refractivity contribution < 1.29 is 4.79 Å². The number of nitrogens with zero attached hydrogens (tertiary/aromatic N) is 4. The van der Waals surface area contributed by atoms with Crippen LogP contribution in [0.5, 0.6) is 0 Å². The molecule has 1 aliphatic rings. The van der Waals surface area contributed by atoms with Crippen LogP contribution in [0.1, 0.15) is 22.3 Å². The molecule has 1 aliphatic heterocycles. The number of carbonyl (C=O) groups excluding carboxylic acids is 1. The number of carbonyl (C=O) groups is 1. The lowest BCUT2D eigenvalue weighted by Gasteiger charge is -2.23. The molecule has 1 saturated heterocycles. The summed E-state index contributed by atoms with van der Waals surface area (Å²) in [7, 11) is 2.06. The van der Waals surface area contributed by atoms with Crippen molar-refractivity contribution in [2.24, 2.45) is 7.05 Å². The normalized spacial score (nSPS) is 14.1. The Hall–Kier alpha value is -3.31. The van der Waals surface area contributed by atoms with Gasteiger partial charge in [-0.3, -0.25) is 9.78 Å². The molecule has 5 rings (SSSR count). The standard InChI is InChI=1S/C27H28N4O.ClH/c1-20-11-12-24-23(18-20)25(26(29(24)2)21-8-4-3-5-9-21)27(32)31-15-7-14-30(16-17-31)22-10-6-13-28-19-22;/h3-6,8-13,18-19H,7,14-17H2,1-2H3;1H. The molecule has 0 unspecified atom stereocenters. The van der Waals surface area contributed by atoms with Crippen molar-refractivity contribution in [1.29, 1.82) is 0 Å². The molecule has 0 spiro atoms. The number of benzene rings is 2. The van der Waals surface area contributed by atoms with E-state index in [4.69, 9.17) is 0 Å². The highest BCUT2D eigenvalue weighted by Gasteiger charge is 2.27. The summed E-state index contributed by atoms with van der Waals surface area (Å²) in [5, 5.41) is 1.03. The van der Waals surface area contributed by atoms with Crippen LogP contribution in [0.25, 0.3) is 22.2 Å². The van der Waals surface area contributed by atoms with E-state index < -0.39 is 0 Å².